The van der Waals surface area contributed by atoms with Gasteiger partial charge in [0.15, 0.2) is 20.1 Å². The summed E-state index contributed by atoms with van der Waals surface area (Å²) in [5.74, 6) is -0.245. The maximum atomic E-state index is 13.4. The van der Waals surface area contributed by atoms with Gasteiger partial charge < -0.3 is 10.1 Å². The van der Waals surface area contributed by atoms with Crippen LogP contribution in [0.2, 0.25) is 0 Å². The monoisotopic (exact) mass is 503 g/mol. The number of hydrogen-bond acceptors (Lipinski definition) is 8. The molecular formula is C22H22FN5O4S2. The van der Waals surface area contributed by atoms with Gasteiger partial charge in [0.25, 0.3) is 5.91 Å². The summed E-state index contributed by atoms with van der Waals surface area (Å²) in [6.45, 7) is 1.19. The third-order valence-electron chi connectivity index (χ3n) is 6.28. The second-order valence-corrected chi connectivity index (χ2v) is 11.8. The number of ether oxygens (including phenoxy) is 1. The Morgan fingerprint density at radius 2 is 2.06 bits per heavy atom. The third kappa shape index (κ3) is 4.43. The van der Waals surface area contributed by atoms with E-state index in [1.165, 1.54) is 16.9 Å². The Labute approximate surface area is 199 Å². The highest BCUT2D eigenvalue weighted by Gasteiger charge is 2.39. The van der Waals surface area contributed by atoms with Gasteiger partial charge >= 0.3 is 0 Å². The standard InChI is InChI=1S/C22H22FN5O4S2/c23-20-12-25-22(33-20)27-21(29)18(7-13-3-5-32-6-4-13)28-17-8-14(10-24)9-19(16(17)11-26-28)34(30,31)15-1-2-15/h8-9,11-13,15,18H,1-7H2,(H,25,27,29). The first-order valence-electron chi connectivity index (χ1n) is 11.0. The first kappa shape index (κ1) is 22.9. The van der Waals surface area contributed by atoms with E-state index in [-0.39, 0.29) is 21.5 Å². The lowest BCUT2D eigenvalue weighted by atomic mass is 9.92. The van der Waals surface area contributed by atoms with Gasteiger partial charge in [-0.1, -0.05) is 11.3 Å². The second-order valence-electron chi connectivity index (χ2n) is 8.62. The molecule has 0 spiro atoms. The SMILES string of the molecule is N#Cc1cc(S(=O)(=O)C2CC2)c2cnn(C(CC3CCOCC3)C(=O)Nc3ncc(F)s3)c2c1. The predicted molar refractivity (Wildman–Crippen MR) is 123 cm³/mol. The molecule has 0 radical (unpaired) electrons. The van der Waals surface area contributed by atoms with Gasteiger partial charge in [0, 0.05) is 18.6 Å². The minimum absolute atomic E-state index is 0.0718. The molecule has 0 bridgehead atoms. The molecule has 1 aliphatic heterocycles. The number of nitrogens with one attached hydrogen (secondary N) is 1. The lowest BCUT2D eigenvalue weighted by molar-refractivity contribution is -0.120. The van der Waals surface area contributed by atoms with Crippen LogP contribution in [0, 0.1) is 22.4 Å². The summed E-state index contributed by atoms with van der Waals surface area (Å²) in [5.41, 5.74) is 0.580. The number of sulfone groups is 1. The Hall–Kier alpha value is -2.88. The maximum Gasteiger partial charge on any atom is 0.251 e. The van der Waals surface area contributed by atoms with Crippen LogP contribution in [0.4, 0.5) is 9.52 Å². The molecule has 2 fully saturated rings. The number of halogens is 1. The molecule has 1 aromatic carbocycles. The van der Waals surface area contributed by atoms with Crippen molar-refractivity contribution in [1.29, 1.82) is 5.26 Å². The van der Waals surface area contributed by atoms with E-state index in [2.05, 4.69) is 15.4 Å². The van der Waals surface area contributed by atoms with Crippen LogP contribution in [0.3, 0.4) is 0 Å². The summed E-state index contributed by atoms with van der Waals surface area (Å²) in [4.78, 5) is 17.3. The number of benzene rings is 1. The molecule has 1 amide bonds. The Kier molecular flexibility index (Phi) is 6.09. The van der Waals surface area contributed by atoms with E-state index in [4.69, 9.17) is 4.74 Å². The molecule has 12 heteroatoms. The Morgan fingerprint density at radius 3 is 2.71 bits per heavy atom. The number of thiazole rings is 1. The number of hydrogen-bond donors (Lipinski definition) is 1. The van der Waals surface area contributed by atoms with Crippen molar-refractivity contribution in [2.24, 2.45) is 5.92 Å². The largest absolute Gasteiger partial charge is 0.381 e. The van der Waals surface area contributed by atoms with Crippen molar-refractivity contribution < 1.29 is 22.3 Å². The molecule has 1 atom stereocenters. The fraction of sp³-hybridized carbons (Fsp3) is 0.455. The van der Waals surface area contributed by atoms with Gasteiger partial charge in [-0.2, -0.15) is 14.8 Å². The summed E-state index contributed by atoms with van der Waals surface area (Å²) >= 11 is 0.721. The minimum Gasteiger partial charge on any atom is -0.381 e. The summed E-state index contributed by atoms with van der Waals surface area (Å²) in [6.07, 6.45) is 5.65. The first-order chi connectivity index (χ1) is 16.4. The van der Waals surface area contributed by atoms with Gasteiger partial charge in [0.1, 0.15) is 6.04 Å². The van der Waals surface area contributed by atoms with E-state index in [9.17, 15) is 22.9 Å². The predicted octanol–water partition coefficient (Wildman–Crippen LogP) is 3.44. The van der Waals surface area contributed by atoms with Gasteiger partial charge in [-0.3, -0.25) is 9.48 Å². The molecule has 1 saturated heterocycles. The number of anilines is 1. The molecule has 1 N–H and O–H groups in total. The van der Waals surface area contributed by atoms with Crippen molar-refractivity contribution in [3.05, 3.63) is 35.2 Å². The van der Waals surface area contributed by atoms with E-state index in [0.717, 1.165) is 30.4 Å². The number of nitriles is 1. The lowest BCUT2D eigenvalue weighted by Gasteiger charge is -2.26. The number of amides is 1. The molecule has 1 aliphatic carbocycles. The van der Waals surface area contributed by atoms with Gasteiger partial charge in [-0.05, 0) is 50.2 Å². The van der Waals surface area contributed by atoms with Crippen LogP contribution < -0.4 is 5.32 Å². The van der Waals surface area contributed by atoms with Crippen molar-refractivity contribution in [3.8, 4) is 6.07 Å². The van der Waals surface area contributed by atoms with Gasteiger partial charge in [-0.15, -0.1) is 0 Å². The number of rotatable bonds is 7. The maximum absolute atomic E-state index is 13.4. The fourth-order valence-corrected chi connectivity index (χ4v) is 6.75. The van der Waals surface area contributed by atoms with Crippen LogP contribution in [0.5, 0.6) is 0 Å². The minimum atomic E-state index is -3.60. The van der Waals surface area contributed by atoms with E-state index < -0.39 is 32.2 Å². The van der Waals surface area contributed by atoms with Crippen LogP contribution in [0.15, 0.2) is 29.4 Å². The second kappa shape index (κ2) is 9.05. The van der Waals surface area contributed by atoms with E-state index in [1.807, 2.05) is 6.07 Å². The zero-order valence-electron chi connectivity index (χ0n) is 18.1. The number of carbonyl (C=O) groups excluding carboxylic acids is 1. The van der Waals surface area contributed by atoms with Crippen LogP contribution in [-0.2, 0) is 19.4 Å². The molecule has 5 rings (SSSR count). The fourth-order valence-electron chi connectivity index (χ4n) is 4.34. The number of fused-ring (bicyclic) bond motifs is 1. The van der Waals surface area contributed by atoms with E-state index in [0.29, 0.717) is 43.4 Å². The molecule has 178 valence electrons. The Bertz CT molecular complexity index is 1380. The highest BCUT2D eigenvalue weighted by Crippen LogP contribution is 2.38. The lowest BCUT2D eigenvalue weighted by Crippen LogP contribution is -2.30. The van der Waals surface area contributed by atoms with Crippen LogP contribution in [-0.4, -0.2) is 47.6 Å². The van der Waals surface area contributed by atoms with Crippen molar-refractivity contribution >= 4 is 43.1 Å². The molecule has 9 nitrogen and oxygen atoms in total. The summed E-state index contributed by atoms with van der Waals surface area (Å²) in [7, 11) is -3.60. The van der Waals surface area contributed by atoms with Crippen molar-refractivity contribution in [2.45, 2.75) is 48.3 Å². The van der Waals surface area contributed by atoms with Crippen molar-refractivity contribution in [3.63, 3.8) is 0 Å². The van der Waals surface area contributed by atoms with Crippen LogP contribution in [0.1, 0.15) is 43.7 Å². The van der Waals surface area contributed by atoms with Gasteiger partial charge in [-0.25, -0.2) is 13.4 Å². The zero-order valence-corrected chi connectivity index (χ0v) is 19.7. The smallest absolute Gasteiger partial charge is 0.251 e. The number of carbonyl (C=O) groups is 1. The summed E-state index contributed by atoms with van der Waals surface area (Å²) in [6, 6.07) is 4.16. The van der Waals surface area contributed by atoms with Crippen LogP contribution >= 0.6 is 11.3 Å². The zero-order chi connectivity index (χ0) is 23.9. The van der Waals surface area contributed by atoms with Crippen molar-refractivity contribution in [2.75, 3.05) is 18.5 Å². The quantitative estimate of drug-likeness (QED) is 0.523. The molecule has 2 aliphatic rings. The van der Waals surface area contributed by atoms with Gasteiger partial charge in [0.05, 0.1) is 39.7 Å². The topological polar surface area (TPSA) is 127 Å². The normalized spacial score (nSPS) is 18.0. The third-order valence-corrected chi connectivity index (χ3v) is 9.28. The summed E-state index contributed by atoms with van der Waals surface area (Å²) < 4.78 is 46.5. The molecule has 1 unspecified atom stereocenters. The molecule has 3 heterocycles. The average molecular weight is 504 g/mol. The molecule has 2 aromatic heterocycles. The van der Waals surface area contributed by atoms with Crippen molar-refractivity contribution in [1.82, 2.24) is 14.8 Å². The molecule has 1 saturated carbocycles. The molecule has 34 heavy (non-hydrogen) atoms. The summed E-state index contributed by atoms with van der Waals surface area (Å²) in [5, 5.41) is 16.2. The Morgan fingerprint density at radius 1 is 1.29 bits per heavy atom. The number of aromatic nitrogens is 3. The van der Waals surface area contributed by atoms with Crippen LogP contribution in [0.25, 0.3) is 10.9 Å². The first-order valence-corrected chi connectivity index (χ1v) is 13.4. The average Bonchev–Trinajstić information content (AvgIpc) is 3.51. The molecule has 3 aromatic rings. The van der Waals surface area contributed by atoms with E-state index in [1.54, 1.807) is 6.07 Å². The van der Waals surface area contributed by atoms with E-state index >= 15 is 0 Å². The highest BCUT2D eigenvalue weighted by atomic mass is 32.2. The Balaban J connectivity index is 1.58. The highest BCUT2D eigenvalue weighted by molar-refractivity contribution is 7.92. The van der Waals surface area contributed by atoms with Gasteiger partial charge in [0.2, 0.25) is 0 Å². The molecular weight excluding hydrogens is 481 g/mol. The number of nitrogens with zero attached hydrogens (tertiary/aromatic N) is 4.